The summed E-state index contributed by atoms with van der Waals surface area (Å²) >= 11 is 0. The number of amides is 2. The number of para-hydroxylation sites is 1. The molecule has 2 rings (SSSR count). The first-order valence-electron chi connectivity index (χ1n) is 6.37. The van der Waals surface area contributed by atoms with Crippen molar-refractivity contribution >= 4 is 11.7 Å². The zero-order chi connectivity index (χ0) is 12.6. The van der Waals surface area contributed by atoms with Gasteiger partial charge < -0.3 is 16.0 Å². The van der Waals surface area contributed by atoms with Crippen LogP contribution in [-0.4, -0.2) is 50.2 Å². The third kappa shape index (κ3) is 4.35. The van der Waals surface area contributed by atoms with Gasteiger partial charge in [0.15, 0.2) is 0 Å². The second-order valence-corrected chi connectivity index (χ2v) is 4.34. The number of carbonyl (C=O) groups is 1. The van der Waals surface area contributed by atoms with Gasteiger partial charge in [-0.25, -0.2) is 4.79 Å². The van der Waals surface area contributed by atoms with E-state index in [1.807, 2.05) is 30.3 Å². The first kappa shape index (κ1) is 12.9. The Morgan fingerprint density at radius 1 is 1.22 bits per heavy atom. The lowest BCUT2D eigenvalue weighted by Crippen LogP contribution is -2.46. The standard InChI is InChI=1S/C13H20N4O/c18-13(16-12-4-2-1-3-5-12)15-8-11-17-9-6-14-7-10-17/h1-5,14H,6-11H2,(H2,15,16,18). The highest BCUT2D eigenvalue weighted by atomic mass is 16.2. The van der Waals surface area contributed by atoms with E-state index in [9.17, 15) is 4.79 Å². The van der Waals surface area contributed by atoms with E-state index in [-0.39, 0.29) is 6.03 Å². The molecule has 0 atom stereocenters. The van der Waals surface area contributed by atoms with Gasteiger partial charge in [0.1, 0.15) is 0 Å². The summed E-state index contributed by atoms with van der Waals surface area (Å²) in [4.78, 5) is 13.9. The van der Waals surface area contributed by atoms with E-state index in [0.29, 0.717) is 6.54 Å². The van der Waals surface area contributed by atoms with E-state index in [1.165, 1.54) is 0 Å². The highest BCUT2D eigenvalue weighted by molar-refractivity contribution is 5.89. The van der Waals surface area contributed by atoms with E-state index in [4.69, 9.17) is 0 Å². The van der Waals surface area contributed by atoms with Crippen LogP contribution in [0.15, 0.2) is 30.3 Å². The minimum atomic E-state index is -0.142. The second-order valence-electron chi connectivity index (χ2n) is 4.34. The van der Waals surface area contributed by atoms with Crippen molar-refractivity contribution < 1.29 is 4.79 Å². The lowest BCUT2D eigenvalue weighted by atomic mass is 10.3. The Balaban J connectivity index is 1.62. The van der Waals surface area contributed by atoms with Crippen LogP contribution in [0.25, 0.3) is 0 Å². The predicted molar refractivity (Wildman–Crippen MR) is 72.8 cm³/mol. The van der Waals surface area contributed by atoms with Crippen LogP contribution in [0.1, 0.15) is 0 Å². The Morgan fingerprint density at radius 3 is 2.67 bits per heavy atom. The molecule has 0 spiro atoms. The fourth-order valence-electron chi connectivity index (χ4n) is 1.96. The van der Waals surface area contributed by atoms with Crippen molar-refractivity contribution in [1.29, 1.82) is 0 Å². The number of urea groups is 1. The smallest absolute Gasteiger partial charge is 0.319 e. The van der Waals surface area contributed by atoms with E-state index < -0.39 is 0 Å². The minimum Gasteiger partial charge on any atom is -0.337 e. The van der Waals surface area contributed by atoms with E-state index in [0.717, 1.165) is 38.4 Å². The molecule has 0 aromatic heterocycles. The number of rotatable bonds is 4. The van der Waals surface area contributed by atoms with Crippen molar-refractivity contribution in [2.24, 2.45) is 0 Å². The summed E-state index contributed by atoms with van der Waals surface area (Å²) in [7, 11) is 0. The Morgan fingerprint density at radius 2 is 1.94 bits per heavy atom. The zero-order valence-corrected chi connectivity index (χ0v) is 10.5. The number of anilines is 1. The topological polar surface area (TPSA) is 56.4 Å². The molecule has 1 saturated heterocycles. The maximum absolute atomic E-state index is 11.6. The molecule has 1 aliphatic heterocycles. The Hall–Kier alpha value is -1.59. The molecule has 1 aromatic rings. The molecule has 18 heavy (non-hydrogen) atoms. The van der Waals surface area contributed by atoms with Gasteiger partial charge in [0, 0.05) is 45.0 Å². The van der Waals surface area contributed by atoms with Gasteiger partial charge in [-0.1, -0.05) is 18.2 Å². The van der Waals surface area contributed by atoms with E-state index >= 15 is 0 Å². The quantitative estimate of drug-likeness (QED) is 0.735. The predicted octanol–water partition coefficient (Wildman–Crippen LogP) is 0.713. The molecule has 1 heterocycles. The summed E-state index contributed by atoms with van der Waals surface area (Å²) in [5, 5.41) is 8.97. The lowest BCUT2D eigenvalue weighted by molar-refractivity contribution is 0.233. The molecule has 1 aliphatic rings. The number of piperazine rings is 1. The van der Waals surface area contributed by atoms with Crippen molar-refractivity contribution in [3.8, 4) is 0 Å². The first-order valence-corrected chi connectivity index (χ1v) is 6.37. The molecule has 0 saturated carbocycles. The number of benzene rings is 1. The fourth-order valence-corrected chi connectivity index (χ4v) is 1.96. The Bertz CT molecular complexity index is 363. The van der Waals surface area contributed by atoms with Gasteiger partial charge in [0.05, 0.1) is 0 Å². The summed E-state index contributed by atoms with van der Waals surface area (Å²) in [6.45, 7) is 5.78. The molecule has 5 heteroatoms. The van der Waals surface area contributed by atoms with Crippen LogP contribution in [0.3, 0.4) is 0 Å². The second kappa shape index (κ2) is 6.98. The van der Waals surface area contributed by atoms with Crippen molar-refractivity contribution in [2.45, 2.75) is 0 Å². The van der Waals surface area contributed by atoms with Crippen molar-refractivity contribution in [3.05, 3.63) is 30.3 Å². The van der Waals surface area contributed by atoms with Crippen LogP contribution < -0.4 is 16.0 Å². The summed E-state index contributed by atoms with van der Waals surface area (Å²) in [5.74, 6) is 0. The fraction of sp³-hybridized carbons (Fsp3) is 0.462. The first-order chi connectivity index (χ1) is 8.84. The number of hydrogen-bond donors (Lipinski definition) is 3. The van der Waals surface area contributed by atoms with Crippen LogP contribution in [0.4, 0.5) is 10.5 Å². The molecule has 0 bridgehead atoms. The number of nitrogens with one attached hydrogen (secondary N) is 3. The van der Waals surface area contributed by atoms with Gasteiger partial charge in [0.25, 0.3) is 0 Å². The van der Waals surface area contributed by atoms with Gasteiger partial charge in [-0.15, -0.1) is 0 Å². The SMILES string of the molecule is O=C(NCCN1CCNCC1)Nc1ccccc1. The summed E-state index contributed by atoms with van der Waals surface area (Å²) in [6, 6.07) is 9.32. The molecule has 2 amide bonds. The van der Waals surface area contributed by atoms with Gasteiger partial charge in [-0.2, -0.15) is 0 Å². The number of nitrogens with zero attached hydrogens (tertiary/aromatic N) is 1. The van der Waals surface area contributed by atoms with Crippen LogP contribution >= 0.6 is 0 Å². The van der Waals surface area contributed by atoms with Crippen LogP contribution in [0.5, 0.6) is 0 Å². The van der Waals surface area contributed by atoms with Crippen LogP contribution in [-0.2, 0) is 0 Å². The van der Waals surface area contributed by atoms with Gasteiger partial charge in [0.2, 0.25) is 0 Å². The third-order valence-electron chi connectivity index (χ3n) is 2.95. The average Bonchev–Trinajstić information content (AvgIpc) is 2.41. The van der Waals surface area contributed by atoms with Crippen LogP contribution in [0.2, 0.25) is 0 Å². The lowest BCUT2D eigenvalue weighted by Gasteiger charge is -2.27. The van der Waals surface area contributed by atoms with E-state index in [1.54, 1.807) is 0 Å². The Kier molecular flexibility index (Phi) is 4.99. The van der Waals surface area contributed by atoms with Crippen molar-refractivity contribution in [2.75, 3.05) is 44.6 Å². The highest BCUT2D eigenvalue weighted by Crippen LogP contribution is 2.03. The molecular weight excluding hydrogens is 228 g/mol. The average molecular weight is 248 g/mol. The van der Waals surface area contributed by atoms with E-state index in [2.05, 4.69) is 20.9 Å². The molecule has 98 valence electrons. The van der Waals surface area contributed by atoms with Gasteiger partial charge in [-0.05, 0) is 12.1 Å². The zero-order valence-electron chi connectivity index (χ0n) is 10.5. The normalized spacial score (nSPS) is 16.2. The summed E-state index contributed by atoms with van der Waals surface area (Å²) in [6.07, 6.45) is 0. The molecule has 0 radical (unpaired) electrons. The minimum absolute atomic E-state index is 0.142. The maximum atomic E-state index is 11.6. The van der Waals surface area contributed by atoms with Crippen molar-refractivity contribution in [3.63, 3.8) is 0 Å². The van der Waals surface area contributed by atoms with Gasteiger partial charge >= 0.3 is 6.03 Å². The maximum Gasteiger partial charge on any atom is 0.319 e. The molecule has 5 nitrogen and oxygen atoms in total. The largest absolute Gasteiger partial charge is 0.337 e. The molecular formula is C13H20N4O. The Labute approximate surface area is 108 Å². The molecule has 1 aromatic carbocycles. The molecule has 1 fully saturated rings. The highest BCUT2D eigenvalue weighted by Gasteiger charge is 2.09. The number of hydrogen-bond acceptors (Lipinski definition) is 3. The molecule has 3 N–H and O–H groups in total. The van der Waals surface area contributed by atoms with Crippen molar-refractivity contribution in [1.82, 2.24) is 15.5 Å². The third-order valence-corrected chi connectivity index (χ3v) is 2.95. The van der Waals surface area contributed by atoms with Crippen LogP contribution in [0, 0.1) is 0 Å². The summed E-state index contributed by atoms with van der Waals surface area (Å²) < 4.78 is 0. The monoisotopic (exact) mass is 248 g/mol. The molecule has 0 unspecified atom stereocenters. The molecule has 0 aliphatic carbocycles. The van der Waals surface area contributed by atoms with Gasteiger partial charge in [-0.3, -0.25) is 4.90 Å². The summed E-state index contributed by atoms with van der Waals surface area (Å²) in [5.41, 5.74) is 0.817. The number of carbonyl (C=O) groups excluding carboxylic acids is 1.